The molecule has 7 heteroatoms. The highest BCUT2D eigenvalue weighted by Gasteiger charge is 2.30. The van der Waals surface area contributed by atoms with Crippen molar-refractivity contribution >= 4 is 6.09 Å². The number of aromatic nitrogens is 2. The van der Waals surface area contributed by atoms with Gasteiger partial charge in [-0.3, -0.25) is 0 Å². The van der Waals surface area contributed by atoms with Crippen LogP contribution in [0, 0.1) is 5.82 Å². The summed E-state index contributed by atoms with van der Waals surface area (Å²) in [6.07, 6.45) is 5.51. The van der Waals surface area contributed by atoms with Gasteiger partial charge in [-0.05, 0) is 40.0 Å². The summed E-state index contributed by atoms with van der Waals surface area (Å²) in [5, 5.41) is 0. The van der Waals surface area contributed by atoms with Gasteiger partial charge in [0.2, 0.25) is 0 Å². The predicted molar refractivity (Wildman–Crippen MR) is 82.7 cm³/mol. The number of likely N-dealkylation sites (tertiary alicyclic amines) is 1. The summed E-state index contributed by atoms with van der Waals surface area (Å²) in [5.41, 5.74) is -0.502. The van der Waals surface area contributed by atoms with Gasteiger partial charge in [0.15, 0.2) is 5.82 Å². The fraction of sp³-hybridized carbons (Fsp3) is 0.688. The summed E-state index contributed by atoms with van der Waals surface area (Å²) in [6, 6.07) is 0.227. The van der Waals surface area contributed by atoms with Gasteiger partial charge in [-0.15, -0.1) is 0 Å². The van der Waals surface area contributed by atoms with Crippen LogP contribution in [0.2, 0.25) is 0 Å². The lowest BCUT2D eigenvalue weighted by atomic mass is 10.0. The normalized spacial score (nSPS) is 18.6. The molecule has 1 aromatic heterocycles. The molecule has 0 aliphatic carbocycles. The lowest BCUT2D eigenvalue weighted by Crippen LogP contribution is -2.46. The molecule has 2 rings (SSSR count). The van der Waals surface area contributed by atoms with E-state index in [0.717, 1.165) is 31.7 Å². The van der Waals surface area contributed by atoms with Crippen molar-refractivity contribution < 1.29 is 18.7 Å². The number of hydrogen-bond acceptors (Lipinski definition) is 5. The minimum atomic E-state index is -0.502. The molecule has 1 fully saturated rings. The molecule has 0 aromatic carbocycles. The Balaban J connectivity index is 1.86. The highest BCUT2D eigenvalue weighted by molar-refractivity contribution is 5.68. The zero-order valence-corrected chi connectivity index (χ0v) is 13.9. The van der Waals surface area contributed by atoms with E-state index in [4.69, 9.17) is 9.47 Å². The second kappa shape index (κ2) is 7.57. The fourth-order valence-corrected chi connectivity index (χ4v) is 2.52. The lowest BCUT2D eigenvalue weighted by Gasteiger charge is -2.36. The molecule has 23 heavy (non-hydrogen) atoms. The van der Waals surface area contributed by atoms with Crippen molar-refractivity contribution in [3.05, 3.63) is 18.2 Å². The van der Waals surface area contributed by atoms with Gasteiger partial charge < -0.3 is 14.4 Å². The van der Waals surface area contributed by atoms with Crippen LogP contribution in [0.4, 0.5) is 9.18 Å². The molecule has 0 N–H and O–H groups in total. The number of amides is 1. The summed E-state index contributed by atoms with van der Waals surface area (Å²) < 4.78 is 23.6. The number of hydrogen-bond donors (Lipinski definition) is 0. The van der Waals surface area contributed by atoms with E-state index in [1.54, 1.807) is 4.90 Å². The van der Waals surface area contributed by atoms with Crippen LogP contribution < -0.4 is 4.74 Å². The monoisotopic (exact) mass is 325 g/mol. The summed E-state index contributed by atoms with van der Waals surface area (Å²) >= 11 is 0. The molecule has 128 valence electrons. The first kappa shape index (κ1) is 17.4. The van der Waals surface area contributed by atoms with Gasteiger partial charge >= 0.3 is 12.1 Å². The van der Waals surface area contributed by atoms with Crippen molar-refractivity contribution in [1.82, 2.24) is 14.9 Å². The molecule has 0 saturated carbocycles. The van der Waals surface area contributed by atoms with Crippen molar-refractivity contribution in [2.24, 2.45) is 0 Å². The first-order chi connectivity index (χ1) is 10.8. The molecule has 1 saturated heterocycles. The number of carbonyl (C=O) groups is 1. The SMILES string of the molecule is CC(C)(C)OC(=O)N1CCCC[C@H]1CCOc1ncc(F)cn1. The number of halogens is 1. The Kier molecular flexibility index (Phi) is 5.74. The topological polar surface area (TPSA) is 64.5 Å². The average Bonchev–Trinajstić information content (AvgIpc) is 2.48. The number of rotatable bonds is 4. The van der Waals surface area contributed by atoms with Gasteiger partial charge in [0.25, 0.3) is 0 Å². The molecule has 0 bridgehead atoms. The van der Waals surface area contributed by atoms with E-state index in [-0.39, 0.29) is 18.1 Å². The first-order valence-corrected chi connectivity index (χ1v) is 7.95. The third-order valence-electron chi connectivity index (χ3n) is 3.53. The van der Waals surface area contributed by atoms with E-state index in [1.165, 1.54) is 0 Å². The maximum Gasteiger partial charge on any atom is 0.410 e. The fourth-order valence-electron chi connectivity index (χ4n) is 2.52. The number of nitrogens with zero attached hydrogens (tertiary/aromatic N) is 3. The average molecular weight is 325 g/mol. The first-order valence-electron chi connectivity index (χ1n) is 7.95. The molecule has 1 atom stereocenters. The molecular weight excluding hydrogens is 301 g/mol. The van der Waals surface area contributed by atoms with E-state index in [1.807, 2.05) is 20.8 Å². The Morgan fingerprint density at radius 2 is 2.04 bits per heavy atom. The van der Waals surface area contributed by atoms with Crippen LogP contribution in [0.25, 0.3) is 0 Å². The second-order valence-corrected chi connectivity index (χ2v) is 6.64. The van der Waals surface area contributed by atoms with Crippen molar-refractivity contribution in [3.8, 4) is 6.01 Å². The summed E-state index contributed by atoms with van der Waals surface area (Å²) in [7, 11) is 0. The molecule has 0 radical (unpaired) electrons. The Morgan fingerprint density at radius 1 is 1.35 bits per heavy atom. The lowest BCUT2D eigenvalue weighted by molar-refractivity contribution is 0.00731. The standard InChI is InChI=1S/C16H24FN3O3/c1-16(2,3)23-15(21)20-8-5-4-6-13(20)7-9-22-14-18-10-12(17)11-19-14/h10-11,13H,4-9H2,1-3H3/t13-/m0/s1. The zero-order chi connectivity index (χ0) is 16.9. The van der Waals surface area contributed by atoms with Gasteiger partial charge in [-0.1, -0.05) is 0 Å². The Hall–Kier alpha value is -1.92. The molecule has 6 nitrogen and oxygen atoms in total. The zero-order valence-electron chi connectivity index (χ0n) is 13.9. The van der Waals surface area contributed by atoms with Gasteiger partial charge in [-0.2, -0.15) is 0 Å². The molecular formula is C16H24FN3O3. The van der Waals surface area contributed by atoms with Gasteiger partial charge in [-0.25, -0.2) is 19.2 Å². The third kappa shape index (κ3) is 5.65. The Labute approximate surface area is 136 Å². The molecule has 1 aromatic rings. The van der Waals surface area contributed by atoms with E-state index in [2.05, 4.69) is 9.97 Å². The van der Waals surface area contributed by atoms with E-state index in [9.17, 15) is 9.18 Å². The molecule has 0 spiro atoms. The number of ether oxygens (including phenoxy) is 2. The quantitative estimate of drug-likeness (QED) is 0.851. The van der Waals surface area contributed by atoms with E-state index < -0.39 is 11.4 Å². The molecule has 1 amide bonds. The highest BCUT2D eigenvalue weighted by atomic mass is 19.1. The van der Waals surface area contributed by atoms with Crippen LogP contribution >= 0.6 is 0 Å². The Bertz CT molecular complexity index is 516. The molecule has 0 unspecified atom stereocenters. The van der Waals surface area contributed by atoms with Crippen LogP contribution in [0.15, 0.2) is 12.4 Å². The van der Waals surface area contributed by atoms with Gasteiger partial charge in [0.1, 0.15) is 5.60 Å². The third-order valence-corrected chi connectivity index (χ3v) is 3.53. The smallest absolute Gasteiger partial charge is 0.410 e. The van der Waals surface area contributed by atoms with Gasteiger partial charge in [0, 0.05) is 19.0 Å². The summed E-state index contributed by atoms with van der Waals surface area (Å²) in [6.45, 7) is 6.65. The van der Waals surface area contributed by atoms with E-state index >= 15 is 0 Å². The Morgan fingerprint density at radius 3 is 2.70 bits per heavy atom. The maximum atomic E-state index is 12.7. The van der Waals surface area contributed by atoms with E-state index in [0.29, 0.717) is 19.6 Å². The summed E-state index contributed by atoms with van der Waals surface area (Å²) in [5.74, 6) is -0.499. The molecule has 1 aliphatic heterocycles. The predicted octanol–water partition coefficient (Wildman–Crippen LogP) is 3.17. The summed E-state index contributed by atoms with van der Waals surface area (Å²) in [4.78, 5) is 21.6. The maximum absolute atomic E-state index is 12.7. The number of piperidine rings is 1. The van der Waals surface area contributed by atoms with Crippen molar-refractivity contribution in [3.63, 3.8) is 0 Å². The largest absolute Gasteiger partial charge is 0.463 e. The molecule has 1 aliphatic rings. The molecule has 2 heterocycles. The minimum absolute atomic E-state index is 0.0825. The van der Waals surface area contributed by atoms with Gasteiger partial charge in [0.05, 0.1) is 19.0 Å². The van der Waals surface area contributed by atoms with Crippen molar-refractivity contribution in [1.29, 1.82) is 0 Å². The minimum Gasteiger partial charge on any atom is -0.463 e. The van der Waals surface area contributed by atoms with Crippen molar-refractivity contribution in [2.45, 2.75) is 58.1 Å². The van der Waals surface area contributed by atoms with Crippen LogP contribution in [-0.2, 0) is 4.74 Å². The van der Waals surface area contributed by atoms with Crippen molar-refractivity contribution in [2.75, 3.05) is 13.2 Å². The van der Waals surface area contributed by atoms with Crippen LogP contribution in [0.1, 0.15) is 46.5 Å². The van der Waals surface area contributed by atoms with Crippen LogP contribution in [0.3, 0.4) is 0 Å². The van der Waals surface area contributed by atoms with Crippen LogP contribution in [-0.4, -0.2) is 45.8 Å². The highest BCUT2D eigenvalue weighted by Crippen LogP contribution is 2.22. The second-order valence-electron chi connectivity index (χ2n) is 6.64. The number of carbonyl (C=O) groups excluding carboxylic acids is 1. The van der Waals surface area contributed by atoms with Crippen LogP contribution in [0.5, 0.6) is 6.01 Å².